The zero-order valence-corrected chi connectivity index (χ0v) is 17.8. The normalized spacial score (nSPS) is 41.4. The van der Waals surface area contributed by atoms with E-state index < -0.39 is 59.7 Å². The van der Waals surface area contributed by atoms with Crippen molar-refractivity contribution in [3.63, 3.8) is 0 Å². The molecule has 0 amide bonds. The van der Waals surface area contributed by atoms with Crippen LogP contribution in [0, 0.1) is 0 Å². The highest BCUT2D eigenvalue weighted by Gasteiger charge is 2.61. The van der Waals surface area contributed by atoms with E-state index in [4.69, 9.17) is 33.2 Å². The number of rotatable bonds is 3. The molecule has 30 heavy (non-hydrogen) atoms. The summed E-state index contributed by atoms with van der Waals surface area (Å²) in [7, 11) is 0. The average Bonchev–Trinajstić information content (AvgIpc) is 3.33. The molecule has 0 aromatic carbocycles. The molecule has 0 bridgehead atoms. The Bertz CT molecular complexity index is 756. The molecule has 0 radical (unpaired) electrons. The Hall–Kier alpha value is -1.26. The van der Waals surface area contributed by atoms with Crippen LogP contribution in [-0.2, 0) is 38.0 Å². The van der Waals surface area contributed by atoms with Gasteiger partial charge in [-0.25, -0.2) is 4.79 Å². The molecule has 168 valence electrons. The van der Waals surface area contributed by atoms with Crippen molar-refractivity contribution in [2.75, 3.05) is 6.61 Å². The molecule has 3 saturated heterocycles. The van der Waals surface area contributed by atoms with Crippen LogP contribution in [0.1, 0.15) is 59.8 Å². The molecule has 0 aromatic heterocycles. The van der Waals surface area contributed by atoms with Gasteiger partial charge in [0, 0.05) is 0 Å². The standard InChI is InChI=1S/C21H29FO8/c1-19(2)24-10-11(27-19)13-14(15-18(26-13)30-20(3,4)28-15)25-16-12(22)17(23)29-21(16)8-6-5-7-9-21/h11,13-15,18H,5-10H2,1-4H3/t11-,13-,14+,15-,18-/m1/s1. The maximum atomic E-state index is 14.9. The third-order valence-electron chi connectivity index (χ3n) is 6.42. The van der Waals surface area contributed by atoms with Gasteiger partial charge in [-0.15, -0.1) is 0 Å². The highest BCUT2D eigenvalue weighted by molar-refractivity contribution is 5.90. The minimum Gasteiger partial charge on any atom is -0.481 e. The zero-order valence-electron chi connectivity index (χ0n) is 17.8. The predicted octanol–water partition coefficient (Wildman–Crippen LogP) is 2.84. The molecule has 5 aliphatic rings. The number of hydrogen-bond donors (Lipinski definition) is 0. The Morgan fingerprint density at radius 2 is 1.70 bits per heavy atom. The van der Waals surface area contributed by atoms with Crippen molar-refractivity contribution in [2.45, 2.75) is 108 Å². The van der Waals surface area contributed by atoms with Gasteiger partial charge in [0.2, 0.25) is 5.83 Å². The van der Waals surface area contributed by atoms with Crippen LogP contribution in [0.15, 0.2) is 11.6 Å². The fraction of sp³-hybridized carbons (Fsp3) is 0.857. The van der Waals surface area contributed by atoms with Crippen LogP contribution in [0.3, 0.4) is 0 Å². The van der Waals surface area contributed by atoms with E-state index in [9.17, 15) is 9.18 Å². The van der Waals surface area contributed by atoms with E-state index in [2.05, 4.69) is 0 Å². The van der Waals surface area contributed by atoms with Gasteiger partial charge in [0.05, 0.1) is 6.61 Å². The molecule has 4 fully saturated rings. The first-order valence-electron chi connectivity index (χ1n) is 10.7. The van der Waals surface area contributed by atoms with Gasteiger partial charge in [-0.05, 0) is 53.4 Å². The first-order valence-corrected chi connectivity index (χ1v) is 10.7. The molecular weight excluding hydrogens is 399 g/mol. The van der Waals surface area contributed by atoms with E-state index in [1.807, 2.05) is 13.8 Å². The Morgan fingerprint density at radius 1 is 0.967 bits per heavy atom. The highest BCUT2D eigenvalue weighted by Crippen LogP contribution is 2.48. The maximum Gasteiger partial charge on any atom is 0.371 e. The summed E-state index contributed by atoms with van der Waals surface area (Å²) in [4.78, 5) is 12.1. The lowest BCUT2D eigenvalue weighted by Gasteiger charge is -2.36. The van der Waals surface area contributed by atoms with Crippen molar-refractivity contribution in [3.8, 4) is 0 Å². The Kier molecular flexibility index (Phi) is 4.72. The third kappa shape index (κ3) is 3.35. The van der Waals surface area contributed by atoms with Crippen molar-refractivity contribution in [1.29, 1.82) is 0 Å². The number of ether oxygens (including phenoxy) is 7. The van der Waals surface area contributed by atoms with Gasteiger partial charge < -0.3 is 33.2 Å². The molecule has 5 atom stereocenters. The minimum absolute atomic E-state index is 0.0436. The molecule has 1 spiro atoms. The Balaban J connectivity index is 1.45. The SMILES string of the molecule is CC1(C)O[C@H]2O[C@H]([C@H]3COC(C)(C)O3)[C@H](OC3=C(F)C(=O)OC34CCCCC4)[C@H]2O1. The first-order chi connectivity index (χ1) is 14.1. The smallest absolute Gasteiger partial charge is 0.371 e. The highest BCUT2D eigenvalue weighted by atomic mass is 19.1. The number of carbonyl (C=O) groups excluding carboxylic acids is 1. The zero-order chi connectivity index (χ0) is 21.3. The van der Waals surface area contributed by atoms with E-state index in [1.165, 1.54) is 0 Å². The summed E-state index contributed by atoms with van der Waals surface area (Å²) >= 11 is 0. The van der Waals surface area contributed by atoms with Gasteiger partial charge in [0.1, 0.15) is 12.2 Å². The van der Waals surface area contributed by atoms with Crippen molar-refractivity contribution in [2.24, 2.45) is 0 Å². The Labute approximate surface area is 174 Å². The lowest BCUT2D eigenvalue weighted by Crippen LogP contribution is -2.46. The fourth-order valence-corrected chi connectivity index (χ4v) is 5.12. The predicted molar refractivity (Wildman–Crippen MR) is 98.5 cm³/mol. The summed E-state index contributed by atoms with van der Waals surface area (Å²) in [6, 6.07) is 0. The number of fused-ring (bicyclic) bond motifs is 1. The van der Waals surface area contributed by atoms with Crippen molar-refractivity contribution >= 4 is 5.97 Å². The van der Waals surface area contributed by atoms with E-state index >= 15 is 0 Å². The quantitative estimate of drug-likeness (QED) is 0.635. The summed E-state index contributed by atoms with van der Waals surface area (Å²) in [5.74, 6) is -3.62. The number of carbonyl (C=O) groups is 1. The lowest BCUT2D eigenvalue weighted by molar-refractivity contribution is -0.235. The van der Waals surface area contributed by atoms with Crippen molar-refractivity contribution in [1.82, 2.24) is 0 Å². The number of hydrogen-bond acceptors (Lipinski definition) is 8. The molecular formula is C21H29FO8. The van der Waals surface area contributed by atoms with E-state index in [0.717, 1.165) is 19.3 Å². The molecule has 0 aromatic rings. The molecule has 8 nitrogen and oxygen atoms in total. The molecule has 0 N–H and O–H groups in total. The van der Waals surface area contributed by atoms with E-state index in [1.54, 1.807) is 13.8 Å². The average molecular weight is 428 g/mol. The molecule has 5 rings (SSSR count). The van der Waals surface area contributed by atoms with E-state index in [0.29, 0.717) is 19.4 Å². The fourth-order valence-electron chi connectivity index (χ4n) is 5.12. The van der Waals surface area contributed by atoms with Crippen LogP contribution >= 0.6 is 0 Å². The van der Waals surface area contributed by atoms with Crippen molar-refractivity contribution < 1.29 is 42.3 Å². The van der Waals surface area contributed by atoms with Gasteiger partial charge in [0.15, 0.2) is 41.4 Å². The molecule has 9 heteroatoms. The topological polar surface area (TPSA) is 81.7 Å². The third-order valence-corrected chi connectivity index (χ3v) is 6.42. The van der Waals surface area contributed by atoms with Gasteiger partial charge in [0.25, 0.3) is 0 Å². The van der Waals surface area contributed by atoms with Gasteiger partial charge in [-0.2, -0.15) is 4.39 Å². The summed E-state index contributed by atoms with van der Waals surface area (Å²) < 4.78 is 56.3. The molecule has 0 unspecified atom stereocenters. The van der Waals surface area contributed by atoms with Crippen LogP contribution in [0.5, 0.6) is 0 Å². The Morgan fingerprint density at radius 3 is 2.37 bits per heavy atom. The minimum atomic E-state index is -1.05. The van der Waals surface area contributed by atoms with Gasteiger partial charge in [-0.3, -0.25) is 0 Å². The van der Waals surface area contributed by atoms with Crippen LogP contribution < -0.4 is 0 Å². The lowest BCUT2D eigenvalue weighted by atomic mass is 9.83. The summed E-state index contributed by atoms with van der Waals surface area (Å²) in [6.07, 6.45) is 0.661. The molecule has 1 saturated carbocycles. The summed E-state index contributed by atoms with van der Waals surface area (Å²) in [5.41, 5.74) is -1.05. The molecule has 1 aliphatic carbocycles. The van der Waals surface area contributed by atoms with Gasteiger partial charge >= 0.3 is 5.97 Å². The van der Waals surface area contributed by atoms with Crippen LogP contribution in [-0.4, -0.2) is 60.5 Å². The first kappa shape index (κ1) is 20.6. The second kappa shape index (κ2) is 6.87. The molecule has 4 aliphatic heterocycles. The number of esters is 1. The van der Waals surface area contributed by atoms with Crippen LogP contribution in [0.4, 0.5) is 4.39 Å². The van der Waals surface area contributed by atoms with Crippen molar-refractivity contribution in [3.05, 3.63) is 11.6 Å². The largest absolute Gasteiger partial charge is 0.481 e. The van der Waals surface area contributed by atoms with E-state index in [-0.39, 0.29) is 5.76 Å². The summed E-state index contributed by atoms with van der Waals surface area (Å²) in [5, 5.41) is 0. The van der Waals surface area contributed by atoms with Crippen LogP contribution in [0.25, 0.3) is 0 Å². The summed E-state index contributed by atoms with van der Waals surface area (Å²) in [6.45, 7) is 7.49. The van der Waals surface area contributed by atoms with Gasteiger partial charge in [-0.1, -0.05) is 6.42 Å². The van der Waals surface area contributed by atoms with Crippen LogP contribution in [0.2, 0.25) is 0 Å². The monoisotopic (exact) mass is 428 g/mol. The molecule has 4 heterocycles. The number of halogens is 1. The second-order valence-electron chi connectivity index (χ2n) is 9.61. The maximum absolute atomic E-state index is 14.9. The second-order valence-corrected chi connectivity index (χ2v) is 9.61.